The normalized spacial score (nSPS) is 33.0. The largest absolute Gasteiger partial charge is 0.393 e. The maximum Gasteiger partial charge on any atom is 0.0678 e. The van der Waals surface area contributed by atoms with Crippen molar-refractivity contribution in [2.75, 3.05) is 0 Å². The molecule has 0 aliphatic carbocycles. The number of piperidine rings is 1. The molecule has 0 saturated carbocycles. The lowest BCUT2D eigenvalue weighted by atomic mass is 9.92. The maximum absolute atomic E-state index is 9.98. The van der Waals surface area contributed by atoms with Gasteiger partial charge in [0.1, 0.15) is 0 Å². The maximum atomic E-state index is 9.98. The molecule has 2 aliphatic rings. The first-order chi connectivity index (χ1) is 9.70. The molecule has 2 aliphatic heterocycles. The van der Waals surface area contributed by atoms with Crippen LogP contribution < -0.4 is 5.73 Å². The molecule has 0 radical (unpaired) electrons. The molecule has 4 heteroatoms. The summed E-state index contributed by atoms with van der Waals surface area (Å²) in [4.78, 5) is 7.11. The number of nitrogens with two attached hydrogens (primary N) is 1. The van der Waals surface area contributed by atoms with Crippen molar-refractivity contribution in [3.8, 4) is 0 Å². The van der Waals surface area contributed by atoms with E-state index in [0.29, 0.717) is 12.1 Å². The Kier molecular flexibility index (Phi) is 4.06. The van der Waals surface area contributed by atoms with Gasteiger partial charge >= 0.3 is 0 Å². The van der Waals surface area contributed by atoms with Gasteiger partial charge in [-0.1, -0.05) is 13.0 Å². The van der Waals surface area contributed by atoms with Gasteiger partial charge in [0.2, 0.25) is 0 Å². The number of hydrogen-bond donors (Lipinski definition) is 2. The number of hydrogen-bond acceptors (Lipinski definition) is 4. The quantitative estimate of drug-likeness (QED) is 0.880. The Morgan fingerprint density at radius 3 is 2.60 bits per heavy atom. The molecule has 3 rings (SSSR count). The Bertz CT molecular complexity index is 425. The zero-order valence-corrected chi connectivity index (χ0v) is 12.2. The Hall–Kier alpha value is -0.970. The lowest BCUT2D eigenvalue weighted by Crippen LogP contribution is -2.51. The molecule has 20 heavy (non-hydrogen) atoms. The molecule has 2 fully saturated rings. The highest BCUT2D eigenvalue weighted by atomic mass is 16.3. The topological polar surface area (TPSA) is 62.4 Å². The van der Waals surface area contributed by atoms with Crippen LogP contribution in [0.5, 0.6) is 0 Å². The minimum absolute atomic E-state index is 0.100. The number of pyridine rings is 1. The van der Waals surface area contributed by atoms with Gasteiger partial charge in [-0.2, -0.15) is 0 Å². The van der Waals surface area contributed by atoms with Gasteiger partial charge < -0.3 is 10.8 Å². The first-order valence-electron chi connectivity index (χ1n) is 7.82. The predicted octanol–water partition coefficient (Wildman–Crippen LogP) is 1.85. The van der Waals surface area contributed by atoms with Crippen LogP contribution in [-0.4, -0.2) is 39.2 Å². The van der Waals surface area contributed by atoms with Crippen LogP contribution in [0.3, 0.4) is 0 Å². The van der Waals surface area contributed by atoms with Gasteiger partial charge in [0.05, 0.1) is 17.8 Å². The van der Waals surface area contributed by atoms with E-state index in [9.17, 15) is 5.11 Å². The number of aliphatic hydroxyl groups is 1. The summed E-state index contributed by atoms with van der Waals surface area (Å²) in [7, 11) is 0. The van der Waals surface area contributed by atoms with Crippen LogP contribution in [-0.2, 0) is 0 Å². The van der Waals surface area contributed by atoms with Crippen molar-refractivity contribution in [2.45, 2.75) is 69.3 Å². The highest BCUT2D eigenvalue weighted by Gasteiger charge is 2.45. The lowest BCUT2D eigenvalue weighted by molar-refractivity contribution is 0.00118. The first-order valence-corrected chi connectivity index (χ1v) is 7.82. The number of fused-ring (bicyclic) bond motifs is 2. The van der Waals surface area contributed by atoms with Crippen LogP contribution in [0, 0.1) is 0 Å². The summed E-state index contributed by atoms with van der Waals surface area (Å²) in [5, 5.41) is 9.98. The van der Waals surface area contributed by atoms with Gasteiger partial charge in [-0.05, 0) is 44.2 Å². The van der Waals surface area contributed by atoms with Crippen LogP contribution in [0.25, 0.3) is 0 Å². The summed E-state index contributed by atoms with van der Waals surface area (Å²) < 4.78 is 0. The molecule has 110 valence electrons. The highest BCUT2D eigenvalue weighted by Crippen LogP contribution is 2.42. The van der Waals surface area contributed by atoms with E-state index in [2.05, 4.69) is 22.9 Å². The minimum atomic E-state index is -0.133. The minimum Gasteiger partial charge on any atom is -0.393 e. The molecule has 0 amide bonds. The van der Waals surface area contributed by atoms with E-state index in [0.717, 1.165) is 25.0 Å². The van der Waals surface area contributed by atoms with Crippen LogP contribution in [0.2, 0.25) is 0 Å². The Morgan fingerprint density at radius 2 is 2.05 bits per heavy atom. The SMILES string of the molecule is CCC(N)C(c1ccccn1)N1C2CCC1CC(O)C2. The summed E-state index contributed by atoms with van der Waals surface area (Å²) in [6.45, 7) is 2.14. The van der Waals surface area contributed by atoms with E-state index < -0.39 is 0 Å². The van der Waals surface area contributed by atoms with Crippen LogP contribution >= 0.6 is 0 Å². The second-order valence-electron chi connectivity index (χ2n) is 6.23. The second kappa shape index (κ2) is 5.80. The van der Waals surface area contributed by atoms with E-state index in [1.807, 2.05) is 18.3 Å². The monoisotopic (exact) mass is 275 g/mol. The third-order valence-corrected chi connectivity index (χ3v) is 4.95. The molecule has 0 spiro atoms. The molecule has 4 atom stereocenters. The zero-order chi connectivity index (χ0) is 14.1. The van der Waals surface area contributed by atoms with E-state index in [1.165, 1.54) is 12.8 Å². The Balaban J connectivity index is 1.91. The summed E-state index contributed by atoms with van der Waals surface area (Å²) in [6, 6.07) is 7.30. The van der Waals surface area contributed by atoms with Crippen molar-refractivity contribution in [3.05, 3.63) is 30.1 Å². The van der Waals surface area contributed by atoms with Crippen LogP contribution in [0.15, 0.2) is 24.4 Å². The Morgan fingerprint density at radius 1 is 1.35 bits per heavy atom. The molecular weight excluding hydrogens is 250 g/mol. The molecule has 3 heterocycles. The zero-order valence-electron chi connectivity index (χ0n) is 12.2. The second-order valence-corrected chi connectivity index (χ2v) is 6.23. The van der Waals surface area contributed by atoms with E-state index in [4.69, 9.17) is 5.73 Å². The molecule has 3 N–H and O–H groups in total. The molecule has 1 aromatic heterocycles. The van der Waals surface area contributed by atoms with E-state index in [1.54, 1.807) is 0 Å². The third kappa shape index (κ3) is 2.48. The van der Waals surface area contributed by atoms with Crippen molar-refractivity contribution in [3.63, 3.8) is 0 Å². The lowest BCUT2D eigenvalue weighted by Gasteiger charge is -2.44. The summed E-state index contributed by atoms with van der Waals surface area (Å²) >= 11 is 0. The van der Waals surface area contributed by atoms with E-state index in [-0.39, 0.29) is 18.2 Å². The first kappa shape index (κ1) is 14.0. The summed E-state index contributed by atoms with van der Waals surface area (Å²) in [6.07, 6.45) is 6.80. The van der Waals surface area contributed by atoms with Gasteiger partial charge in [0.25, 0.3) is 0 Å². The van der Waals surface area contributed by atoms with E-state index >= 15 is 0 Å². The van der Waals surface area contributed by atoms with Gasteiger partial charge in [-0.15, -0.1) is 0 Å². The van der Waals surface area contributed by atoms with Crippen LogP contribution in [0.1, 0.15) is 50.8 Å². The van der Waals surface area contributed by atoms with Gasteiger partial charge in [-0.25, -0.2) is 0 Å². The summed E-state index contributed by atoms with van der Waals surface area (Å²) in [5.74, 6) is 0. The molecule has 2 saturated heterocycles. The number of aliphatic hydroxyl groups excluding tert-OH is 1. The third-order valence-electron chi connectivity index (χ3n) is 4.95. The molecular formula is C16H25N3O. The smallest absolute Gasteiger partial charge is 0.0678 e. The van der Waals surface area contributed by atoms with Crippen molar-refractivity contribution in [2.24, 2.45) is 5.73 Å². The van der Waals surface area contributed by atoms with Crippen molar-refractivity contribution < 1.29 is 5.11 Å². The van der Waals surface area contributed by atoms with Gasteiger partial charge in [0.15, 0.2) is 0 Å². The predicted molar refractivity (Wildman–Crippen MR) is 79.1 cm³/mol. The fourth-order valence-electron chi connectivity index (χ4n) is 4.01. The molecule has 2 bridgehead atoms. The standard InChI is InChI=1S/C16H25N3O/c1-2-14(17)16(15-5-3-4-8-18-15)19-11-6-7-12(19)10-13(20)9-11/h3-5,8,11-14,16,20H,2,6-7,9-10,17H2,1H3. The average molecular weight is 275 g/mol. The Labute approximate surface area is 121 Å². The average Bonchev–Trinajstić information content (AvgIpc) is 2.72. The highest BCUT2D eigenvalue weighted by molar-refractivity contribution is 5.14. The number of aromatic nitrogens is 1. The fraction of sp³-hybridized carbons (Fsp3) is 0.688. The molecule has 4 unspecified atom stereocenters. The van der Waals surface area contributed by atoms with Crippen molar-refractivity contribution >= 4 is 0 Å². The van der Waals surface area contributed by atoms with Crippen molar-refractivity contribution in [1.82, 2.24) is 9.88 Å². The molecule has 0 aromatic carbocycles. The fourth-order valence-corrected chi connectivity index (χ4v) is 4.01. The van der Waals surface area contributed by atoms with Crippen LogP contribution in [0.4, 0.5) is 0 Å². The molecule has 1 aromatic rings. The number of rotatable bonds is 4. The number of nitrogens with zero attached hydrogens (tertiary/aromatic N) is 2. The summed E-state index contributed by atoms with van der Waals surface area (Å²) in [5.41, 5.74) is 7.50. The van der Waals surface area contributed by atoms with Gasteiger partial charge in [0, 0.05) is 24.3 Å². The van der Waals surface area contributed by atoms with Gasteiger partial charge in [-0.3, -0.25) is 9.88 Å². The molecule has 4 nitrogen and oxygen atoms in total. The van der Waals surface area contributed by atoms with Crippen molar-refractivity contribution in [1.29, 1.82) is 0 Å².